The lowest BCUT2D eigenvalue weighted by Gasteiger charge is -2.49. The van der Waals surface area contributed by atoms with E-state index in [-0.39, 0.29) is 50.4 Å². The van der Waals surface area contributed by atoms with E-state index >= 15 is 0 Å². The van der Waals surface area contributed by atoms with Gasteiger partial charge in [0, 0.05) is 23.6 Å². The van der Waals surface area contributed by atoms with Crippen molar-refractivity contribution in [2.45, 2.75) is 44.5 Å². The van der Waals surface area contributed by atoms with E-state index in [9.17, 15) is 27.9 Å². The highest BCUT2D eigenvalue weighted by molar-refractivity contribution is 7.12. The predicted molar refractivity (Wildman–Crippen MR) is 121 cm³/mol. The van der Waals surface area contributed by atoms with Crippen LogP contribution in [0, 0.1) is 11.3 Å². The van der Waals surface area contributed by atoms with Crippen molar-refractivity contribution in [1.29, 1.82) is 0 Å². The summed E-state index contributed by atoms with van der Waals surface area (Å²) in [7, 11) is 0. The number of hydrogen-bond acceptors (Lipinski definition) is 5. The fraction of sp³-hybridized carbons (Fsp3) is 0.391. The second-order valence-electron chi connectivity index (χ2n) is 9.19. The predicted octanol–water partition coefficient (Wildman–Crippen LogP) is 6.13. The van der Waals surface area contributed by atoms with Gasteiger partial charge in [0.05, 0.1) is 20.8 Å². The third-order valence-electron chi connectivity index (χ3n) is 6.14. The van der Waals surface area contributed by atoms with Gasteiger partial charge in [-0.1, -0.05) is 49.2 Å². The van der Waals surface area contributed by atoms with E-state index in [2.05, 4.69) is 5.32 Å². The Bertz CT molecular complexity index is 1160. The minimum Gasteiger partial charge on any atom is -0.363 e. The maximum Gasteiger partial charge on any atom is 0.437 e. The van der Waals surface area contributed by atoms with Crippen LogP contribution in [0.4, 0.5) is 13.2 Å². The van der Waals surface area contributed by atoms with Crippen molar-refractivity contribution in [2.75, 3.05) is 0 Å². The van der Waals surface area contributed by atoms with Crippen LogP contribution in [0.3, 0.4) is 0 Å². The van der Waals surface area contributed by atoms with Crippen molar-refractivity contribution in [1.82, 2.24) is 5.32 Å². The van der Waals surface area contributed by atoms with Gasteiger partial charge in [-0.05, 0) is 41.0 Å². The van der Waals surface area contributed by atoms with Gasteiger partial charge in [0.2, 0.25) is 5.72 Å². The third-order valence-corrected chi connectivity index (χ3v) is 7.76. The first-order valence-corrected chi connectivity index (χ1v) is 11.7. The molecule has 0 bridgehead atoms. The summed E-state index contributed by atoms with van der Waals surface area (Å²) in [6.45, 7) is 3.53. The summed E-state index contributed by atoms with van der Waals surface area (Å²) in [6.07, 6.45) is -5.03. The summed E-state index contributed by atoms with van der Waals surface area (Å²) in [5.41, 5.74) is -3.97. The van der Waals surface area contributed by atoms with E-state index in [1.807, 2.05) is 0 Å². The molecule has 2 aliphatic rings. The van der Waals surface area contributed by atoms with Crippen molar-refractivity contribution >= 4 is 46.1 Å². The first-order chi connectivity index (χ1) is 15.2. The quantitative estimate of drug-likeness (QED) is 0.480. The topological polar surface area (TPSA) is 66.4 Å². The number of nitrogens with one attached hydrogen (secondary N) is 1. The molecule has 3 atom stereocenters. The Kier molecular flexibility index (Phi) is 5.97. The van der Waals surface area contributed by atoms with Crippen LogP contribution in [-0.4, -0.2) is 28.6 Å². The Labute approximate surface area is 202 Å². The molecule has 0 saturated heterocycles. The number of carbonyl (C=O) groups is 2. The Morgan fingerprint density at radius 3 is 2.45 bits per heavy atom. The first kappa shape index (κ1) is 24.3. The largest absolute Gasteiger partial charge is 0.437 e. The highest BCUT2D eigenvalue weighted by Crippen LogP contribution is 2.54. The molecule has 2 aromatic rings. The zero-order chi connectivity index (χ0) is 24.3. The van der Waals surface area contributed by atoms with Gasteiger partial charge in [-0.25, -0.2) is 0 Å². The van der Waals surface area contributed by atoms with Crippen LogP contribution in [-0.2, 0) is 4.79 Å². The number of alkyl halides is 3. The number of halogens is 5. The van der Waals surface area contributed by atoms with E-state index in [0.717, 1.165) is 11.3 Å². The molecule has 0 spiro atoms. The number of Topliss-reactive ketones (excluding diaryl/α,β-unsaturated/α-hetero) is 2. The SMILES string of the molecule is CC1(C)CC(=O)C2=C(C1)NC(O)(C(F)(F)F)C(C(=O)c1cccs1)C2c1ccc(Cl)c(Cl)c1. The highest BCUT2D eigenvalue weighted by atomic mass is 35.5. The second kappa shape index (κ2) is 8.12. The number of allylic oxidation sites excluding steroid dienone is 2. The van der Waals surface area contributed by atoms with Crippen molar-refractivity contribution in [3.05, 3.63) is 67.5 Å². The molecule has 0 fully saturated rings. The van der Waals surface area contributed by atoms with E-state index in [1.54, 1.807) is 19.2 Å². The summed E-state index contributed by atoms with van der Waals surface area (Å²) in [5, 5.41) is 15.1. The molecule has 1 aliphatic carbocycles. The molecule has 33 heavy (non-hydrogen) atoms. The van der Waals surface area contributed by atoms with Crippen molar-refractivity contribution in [2.24, 2.45) is 11.3 Å². The van der Waals surface area contributed by atoms with Crippen molar-refractivity contribution in [3.63, 3.8) is 0 Å². The van der Waals surface area contributed by atoms with Gasteiger partial charge in [-0.3, -0.25) is 9.59 Å². The number of rotatable bonds is 3. The molecule has 1 aliphatic heterocycles. The fourth-order valence-corrected chi connectivity index (χ4v) is 5.76. The third kappa shape index (κ3) is 4.11. The summed E-state index contributed by atoms with van der Waals surface area (Å²) >= 11 is 13.1. The average molecular weight is 518 g/mol. The molecule has 1 aromatic carbocycles. The normalized spacial score (nSPS) is 27.2. The number of carbonyl (C=O) groups excluding carboxylic acids is 2. The van der Waals surface area contributed by atoms with Gasteiger partial charge in [-0.15, -0.1) is 11.3 Å². The van der Waals surface area contributed by atoms with Gasteiger partial charge in [0.1, 0.15) is 0 Å². The van der Waals surface area contributed by atoms with Crippen LogP contribution in [0.1, 0.15) is 47.8 Å². The van der Waals surface area contributed by atoms with Crippen molar-refractivity contribution in [3.8, 4) is 0 Å². The minimum absolute atomic E-state index is 0.0117. The van der Waals surface area contributed by atoms with Crippen LogP contribution in [0.5, 0.6) is 0 Å². The van der Waals surface area contributed by atoms with Crippen LogP contribution in [0.25, 0.3) is 0 Å². The molecular formula is C23H20Cl2F3NO3S. The lowest BCUT2D eigenvalue weighted by atomic mass is 9.63. The Morgan fingerprint density at radius 1 is 1.18 bits per heavy atom. The van der Waals surface area contributed by atoms with Crippen LogP contribution in [0.2, 0.25) is 10.0 Å². The van der Waals surface area contributed by atoms with Crippen LogP contribution < -0.4 is 5.32 Å². The molecule has 1 aromatic heterocycles. The summed E-state index contributed by atoms with van der Waals surface area (Å²) < 4.78 is 43.3. The Balaban J connectivity index is 2.03. The monoisotopic (exact) mass is 517 g/mol. The second-order valence-corrected chi connectivity index (χ2v) is 11.0. The number of ketones is 2. The van der Waals surface area contributed by atoms with E-state index < -0.39 is 34.9 Å². The summed E-state index contributed by atoms with van der Waals surface area (Å²) in [6, 6.07) is 7.12. The molecule has 0 amide bonds. The maximum absolute atomic E-state index is 14.4. The molecule has 0 radical (unpaired) electrons. The number of aliphatic hydroxyl groups is 1. The van der Waals surface area contributed by atoms with Gasteiger partial charge in [0.15, 0.2) is 11.6 Å². The summed E-state index contributed by atoms with van der Waals surface area (Å²) in [4.78, 5) is 26.8. The van der Waals surface area contributed by atoms with Crippen LogP contribution >= 0.6 is 34.5 Å². The Morgan fingerprint density at radius 2 is 1.88 bits per heavy atom. The molecule has 176 valence electrons. The van der Waals surface area contributed by atoms with Gasteiger partial charge in [0.25, 0.3) is 0 Å². The van der Waals surface area contributed by atoms with Crippen LogP contribution in [0.15, 0.2) is 47.0 Å². The lowest BCUT2D eigenvalue weighted by Crippen LogP contribution is -2.67. The molecule has 10 heteroatoms. The minimum atomic E-state index is -5.22. The molecule has 0 saturated carbocycles. The maximum atomic E-state index is 14.4. The Hall–Kier alpha value is -1.87. The number of thiophene rings is 1. The zero-order valence-corrected chi connectivity index (χ0v) is 19.9. The molecule has 2 N–H and O–H groups in total. The molecular weight excluding hydrogens is 498 g/mol. The standard InChI is InChI=1S/C23H20Cl2F3NO3S/c1-21(2)9-14-18(15(30)10-21)17(11-5-6-12(24)13(25)8-11)19(20(31)16-4-3-7-33-16)22(32,29-14)23(26,27)28/h3-8,17,19,29,32H,9-10H2,1-2H3. The molecule has 4 rings (SSSR count). The van der Waals surface area contributed by atoms with Crippen molar-refractivity contribution < 1.29 is 27.9 Å². The van der Waals surface area contributed by atoms with E-state index in [4.69, 9.17) is 23.2 Å². The smallest absolute Gasteiger partial charge is 0.363 e. The molecule has 4 nitrogen and oxygen atoms in total. The first-order valence-electron chi connectivity index (χ1n) is 10.1. The van der Waals surface area contributed by atoms with Gasteiger partial charge >= 0.3 is 6.18 Å². The average Bonchev–Trinajstić information content (AvgIpc) is 3.21. The fourth-order valence-electron chi connectivity index (χ4n) is 4.75. The molecule has 2 heterocycles. The number of benzene rings is 1. The zero-order valence-electron chi connectivity index (χ0n) is 17.6. The van der Waals surface area contributed by atoms with Gasteiger partial charge in [-0.2, -0.15) is 13.2 Å². The number of hydrogen-bond donors (Lipinski definition) is 2. The van der Waals surface area contributed by atoms with E-state index in [0.29, 0.717) is 0 Å². The summed E-state index contributed by atoms with van der Waals surface area (Å²) in [5.74, 6) is -4.73. The molecule has 3 unspecified atom stereocenters. The highest BCUT2D eigenvalue weighted by Gasteiger charge is 2.67. The van der Waals surface area contributed by atoms with E-state index in [1.165, 1.54) is 30.3 Å². The lowest BCUT2D eigenvalue weighted by molar-refractivity contribution is -0.287. The van der Waals surface area contributed by atoms with Gasteiger partial charge < -0.3 is 10.4 Å².